The largest absolute Gasteiger partial charge is 0.496 e. The van der Waals surface area contributed by atoms with Crippen LogP contribution in [0.5, 0.6) is 5.75 Å². The molecule has 1 fully saturated rings. The van der Waals surface area contributed by atoms with E-state index in [1.165, 1.54) is 0 Å². The van der Waals surface area contributed by atoms with Gasteiger partial charge in [0.25, 0.3) is 0 Å². The third-order valence-electron chi connectivity index (χ3n) is 7.68. The van der Waals surface area contributed by atoms with E-state index in [9.17, 15) is 9.59 Å². The molecule has 1 heterocycles. The van der Waals surface area contributed by atoms with Crippen LogP contribution in [0, 0.1) is 0 Å². The zero-order chi connectivity index (χ0) is 27.7. The molecule has 1 aliphatic heterocycles. The first-order valence-electron chi connectivity index (χ1n) is 14.0. The van der Waals surface area contributed by atoms with E-state index < -0.39 is 12.0 Å². The zero-order valence-corrected chi connectivity index (χ0v) is 23.0. The van der Waals surface area contributed by atoms with Crippen molar-refractivity contribution in [3.8, 4) is 5.75 Å². The SMILES string of the molecule is COc1ccccc1CN(C(=O)C(c1ccccc1)c1ccccc1)C(Cc1ccccc1)C(=O)N1CCCC1. The lowest BCUT2D eigenvalue weighted by Gasteiger charge is -2.36. The van der Waals surface area contributed by atoms with Crippen LogP contribution in [0.2, 0.25) is 0 Å². The van der Waals surface area contributed by atoms with Crippen molar-refractivity contribution in [2.24, 2.45) is 0 Å². The summed E-state index contributed by atoms with van der Waals surface area (Å²) >= 11 is 0. The van der Waals surface area contributed by atoms with Crippen molar-refractivity contribution in [1.29, 1.82) is 0 Å². The number of para-hydroxylation sites is 1. The first-order valence-corrected chi connectivity index (χ1v) is 14.0. The fourth-order valence-corrected chi connectivity index (χ4v) is 5.61. The second kappa shape index (κ2) is 13.1. The number of hydrogen-bond acceptors (Lipinski definition) is 3. The van der Waals surface area contributed by atoms with Gasteiger partial charge in [-0.3, -0.25) is 9.59 Å². The molecule has 5 rings (SSSR count). The highest BCUT2D eigenvalue weighted by molar-refractivity contribution is 5.93. The molecule has 204 valence electrons. The van der Waals surface area contributed by atoms with Crippen LogP contribution in [0.15, 0.2) is 115 Å². The van der Waals surface area contributed by atoms with E-state index in [0.29, 0.717) is 12.2 Å². The predicted molar refractivity (Wildman–Crippen MR) is 158 cm³/mol. The van der Waals surface area contributed by atoms with Crippen molar-refractivity contribution in [1.82, 2.24) is 9.80 Å². The van der Waals surface area contributed by atoms with Gasteiger partial charge in [-0.25, -0.2) is 0 Å². The van der Waals surface area contributed by atoms with Crippen molar-refractivity contribution in [3.63, 3.8) is 0 Å². The number of likely N-dealkylation sites (tertiary alicyclic amines) is 1. The monoisotopic (exact) mass is 532 g/mol. The van der Waals surface area contributed by atoms with E-state index in [2.05, 4.69) is 0 Å². The van der Waals surface area contributed by atoms with Gasteiger partial charge in [-0.1, -0.05) is 109 Å². The standard InChI is InChI=1S/C35H36N2O3/c1-40-32-22-12-11-21-30(32)26-37(31(25-27-15-5-2-6-16-27)34(38)36-23-13-14-24-36)35(39)33(28-17-7-3-8-18-28)29-19-9-4-10-20-29/h2-12,15-22,31,33H,13-14,23-26H2,1H3. The number of benzene rings is 4. The van der Waals surface area contributed by atoms with Gasteiger partial charge in [0.1, 0.15) is 11.8 Å². The summed E-state index contributed by atoms with van der Waals surface area (Å²) in [5.41, 5.74) is 3.69. The summed E-state index contributed by atoms with van der Waals surface area (Å²) in [6, 6.07) is 36.8. The first-order chi connectivity index (χ1) is 19.7. The Morgan fingerprint density at radius 3 is 1.85 bits per heavy atom. The Bertz CT molecular complexity index is 1350. The number of carbonyl (C=O) groups is 2. The summed E-state index contributed by atoms with van der Waals surface area (Å²) < 4.78 is 5.68. The highest BCUT2D eigenvalue weighted by Crippen LogP contribution is 2.31. The van der Waals surface area contributed by atoms with Gasteiger partial charge in [0.2, 0.25) is 11.8 Å². The van der Waals surface area contributed by atoms with Crippen LogP contribution in [-0.2, 0) is 22.6 Å². The van der Waals surface area contributed by atoms with Gasteiger partial charge in [0, 0.05) is 25.1 Å². The molecule has 0 aromatic heterocycles. The molecule has 0 radical (unpaired) electrons. The average molecular weight is 533 g/mol. The lowest BCUT2D eigenvalue weighted by molar-refractivity contribution is -0.146. The fraction of sp³-hybridized carbons (Fsp3) is 0.257. The topological polar surface area (TPSA) is 49.9 Å². The minimum atomic E-state index is -0.659. The third kappa shape index (κ3) is 6.26. The number of amides is 2. The molecule has 40 heavy (non-hydrogen) atoms. The minimum absolute atomic E-state index is 0.00414. The highest BCUT2D eigenvalue weighted by atomic mass is 16.5. The molecule has 2 amide bonds. The summed E-state index contributed by atoms with van der Waals surface area (Å²) in [6.45, 7) is 1.71. The second-order valence-corrected chi connectivity index (χ2v) is 10.3. The molecule has 1 atom stereocenters. The maximum Gasteiger partial charge on any atom is 0.245 e. The maximum absolute atomic E-state index is 14.9. The molecule has 1 unspecified atom stereocenters. The van der Waals surface area contributed by atoms with Crippen molar-refractivity contribution >= 4 is 11.8 Å². The number of hydrogen-bond donors (Lipinski definition) is 0. The van der Waals surface area contributed by atoms with E-state index in [0.717, 1.165) is 48.2 Å². The second-order valence-electron chi connectivity index (χ2n) is 10.3. The Kier molecular flexibility index (Phi) is 8.92. The van der Waals surface area contributed by atoms with Crippen LogP contribution in [0.3, 0.4) is 0 Å². The van der Waals surface area contributed by atoms with E-state index in [4.69, 9.17) is 4.74 Å². The summed E-state index contributed by atoms with van der Waals surface area (Å²) in [7, 11) is 1.64. The quantitative estimate of drug-likeness (QED) is 0.248. The number of methoxy groups -OCH3 is 1. The Morgan fingerprint density at radius 2 is 1.27 bits per heavy atom. The van der Waals surface area contributed by atoms with Crippen LogP contribution in [0.1, 0.15) is 41.0 Å². The highest BCUT2D eigenvalue weighted by Gasteiger charge is 2.38. The number of carbonyl (C=O) groups excluding carboxylic acids is 2. The fourth-order valence-electron chi connectivity index (χ4n) is 5.61. The number of nitrogens with zero attached hydrogens (tertiary/aromatic N) is 2. The van der Waals surface area contributed by atoms with Crippen LogP contribution >= 0.6 is 0 Å². The minimum Gasteiger partial charge on any atom is -0.496 e. The molecule has 4 aromatic carbocycles. The molecule has 5 nitrogen and oxygen atoms in total. The Balaban J connectivity index is 1.63. The van der Waals surface area contributed by atoms with Crippen LogP contribution in [-0.4, -0.2) is 47.9 Å². The van der Waals surface area contributed by atoms with E-state index in [-0.39, 0.29) is 18.4 Å². The van der Waals surface area contributed by atoms with Gasteiger partial charge in [-0.05, 0) is 35.6 Å². The predicted octanol–water partition coefficient (Wildman–Crippen LogP) is 6.09. The van der Waals surface area contributed by atoms with Gasteiger partial charge in [-0.15, -0.1) is 0 Å². The van der Waals surface area contributed by atoms with Crippen molar-refractivity contribution in [2.45, 2.75) is 37.8 Å². The molecule has 0 aliphatic carbocycles. The Morgan fingerprint density at radius 1 is 0.750 bits per heavy atom. The van der Waals surface area contributed by atoms with Gasteiger partial charge >= 0.3 is 0 Å². The van der Waals surface area contributed by atoms with Crippen LogP contribution in [0.25, 0.3) is 0 Å². The summed E-state index contributed by atoms with van der Waals surface area (Å²) in [5, 5.41) is 0. The third-order valence-corrected chi connectivity index (χ3v) is 7.68. The van der Waals surface area contributed by atoms with Gasteiger partial charge in [-0.2, -0.15) is 0 Å². The molecule has 4 aromatic rings. The number of ether oxygens (including phenoxy) is 1. The first kappa shape index (κ1) is 27.2. The smallest absolute Gasteiger partial charge is 0.245 e. The normalized spacial score (nSPS) is 13.7. The molecule has 1 aliphatic rings. The maximum atomic E-state index is 14.9. The van der Waals surface area contributed by atoms with Gasteiger partial charge in [0.05, 0.1) is 19.6 Å². The van der Waals surface area contributed by atoms with Crippen molar-refractivity contribution in [3.05, 3.63) is 138 Å². The van der Waals surface area contributed by atoms with Crippen molar-refractivity contribution in [2.75, 3.05) is 20.2 Å². The van der Waals surface area contributed by atoms with E-state index in [1.807, 2.05) is 120 Å². The lowest BCUT2D eigenvalue weighted by atomic mass is 9.88. The molecule has 0 spiro atoms. The van der Waals surface area contributed by atoms with Crippen molar-refractivity contribution < 1.29 is 14.3 Å². The molecule has 1 saturated heterocycles. The Hall–Kier alpha value is -4.38. The molecular formula is C35H36N2O3. The molecular weight excluding hydrogens is 496 g/mol. The van der Waals surface area contributed by atoms with E-state index >= 15 is 0 Å². The van der Waals surface area contributed by atoms with Gasteiger partial charge < -0.3 is 14.5 Å². The molecule has 5 heteroatoms. The lowest BCUT2D eigenvalue weighted by Crippen LogP contribution is -2.52. The average Bonchev–Trinajstić information content (AvgIpc) is 3.56. The molecule has 0 N–H and O–H groups in total. The summed E-state index contributed by atoms with van der Waals surface area (Å²) in [5.74, 6) is 0.0476. The molecule has 0 bridgehead atoms. The van der Waals surface area contributed by atoms with Crippen LogP contribution < -0.4 is 4.74 Å². The van der Waals surface area contributed by atoms with E-state index in [1.54, 1.807) is 12.0 Å². The Labute approximate surface area is 237 Å². The summed E-state index contributed by atoms with van der Waals surface area (Å²) in [4.78, 5) is 32.9. The van der Waals surface area contributed by atoms with Gasteiger partial charge in [0.15, 0.2) is 0 Å². The number of rotatable bonds is 10. The van der Waals surface area contributed by atoms with Crippen LogP contribution in [0.4, 0.5) is 0 Å². The zero-order valence-electron chi connectivity index (χ0n) is 23.0. The molecule has 0 saturated carbocycles. The summed E-state index contributed by atoms with van der Waals surface area (Å²) in [6.07, 6.45) is 2.41.